The predicted molar refractivity (Wildman–Crippen MR) is 161 cm³/mol. The molecule has 7 N–H and O–H groups in total. The molecule has 19 nitrogen and oxygen atoms in total. The molecule has 1 amide bonds. The van der Waals surface area contributed by atoms with Gasteiger partial charge >= 0.3 is 29.4 Å². The van der Waals surface area contributed by atoms with Gasteiger partial charge in [-0.1, -0.05) is 46.7 Å². The Hall–Kier alpha value is -1.83. The van der Waals surface area contributed by atoms with Crippen molar-refractivity contribution in [1.29, 1.82) is 0 Å². The number of phosphoric ester groups is 1. The molecule has 0 bridgehead atoms. The van der Waals surface area contributed by atoms with E-state index in [1.165, 1.54) is 11.2 Å². The number of fused-ring (bicyclic) bond motifs is 1. The Bertz CT molecular complexity index is 1500. The van der Waals surface area contributed by atoms with Crippen molar-refractivity contribution in [2.75, 3.05) is 12.4 Å². The van der Waals surface area contributed by atoms with Crippen LogP contribution in [0.1, 0.15) is 41.4 Å². The Kier molecular flexibility index (Phi) is 11.6. The van der Waals surface area contributed by atoms with Crippen molar-refractivity contribution in [2.45, 2.75) is 56.2 Å². The average molecular weight is 734 g/mol. The molecule has 0 spiro atoms. The lowest BCUT2D eigenvalue weighted by Gasteiger charge is -2.31. The number of guanidine groups is 1. The van der Waals surface area contributed by atoms with E-state index in [1.54, 1.807) is 45.9 Å². The second-order valence-electron chi connectivity index (χ2n) is 9.50. The molecule has 250 valence electrons. The first-order valence-corrected chi connectivity index (χ1v) is 19.9. The lowest BCUT2D eigenvalue weighted by Crippen LogP contribution is -2.55. The number of phosphoric acid groups is 3. The van der Waals surface area contributed by atoms with Crippen LogP contribution < -0.4 is 11.1 Å². The fourth-order valence-corrected chi connectivity index (χ4v) is 9.52. The largest absolute Gasteiger partial charge is 0.490 e. The summed E-state index contributed by atoms with van der Waals surface area (Å²) in [5.74, 6) is -0.573. The quantitative estimate of drug-likeness (QED) is 0.0900. The first kappa shape index (κ1) is 36.0. The summed E-state index contributed by atoms with van der Waals surface area (Å²) in [6.45, 7) is 3.04. The van der Waals surface area contributed by atoms with Gasteiger partial charge in [-0.05, 0) is 18.6 Å². The summed E-state index contributed by atoms with van der Waals surface area (Å²) in [7, 11) is -13.7. The van der Waals surface area contributed by atoms with Crippen molar-refractivity contribution < 1.29 is 65.5 Å². The van der Waals surface area contributed by atoms with Crippen molar-refractivity contribution in [2.24, 2.45) is 15.7 Å². The first-order valence-electron chi connectivity index (χ1n) is 13.0. The zero-order chi connectivity index (χ0) is 33.2. The van der Waals surface area contributed by atoms with Crippen molar-refractivity contribution in [3.63, 3.8) is 0 Å². The van der Waals surface area contributed by atoms with Crippen LogP contribution >= 0.6 is 45.1 Å². The Balaban J connectivity index is 1.54. The molecule has 3 aliphatic heterocycles. The number of nitrogens with two attached hydrogens (primary N) is 1. The van der Waals surface area contributed by atoms with E-state index in [-0.39, 0.29) is 23.2 Å². The van der Waals surface area contributed by atoms with Crippen molar-refractivity contribution in [3.8, 4) is 0 Å². The molecule has 45 heavy (non-hydrogen) atoms. The fraction of sp³-hybridized carbons (Fsp3) is 0.524. The van der Waals surface area contributed by atoms with Gasteiger partial charge in [-0.3, -0.25) is 19.6 Å². The van der Waals surface area contributed by atoms with E-state index in [0.29, 0.717) is 5.56 Å². The number of aliphatic imine (C=N–C) groups is 2. The second-order valence-corrected chi connectivity index (χ2v) is 16.9. The van der Waals surface area contributed by atoms with E-state index in [4.69, 9.17) is 29.5 Å². The predicted octanol–water partition coefficient (Wildman–Crippen LogP) is 1.62. The number of rotatable bonds is 14. The molecular weight excluding hydrogens is 703 g/mol. The zero-order valence-electron chi connectivity index (χ0n) is 23.4. The molecule has 0 radical (unpaired) electrons. The number of carbonyl (C=O) groups is 2. The molecule has 0 aromatic heterocycles. The number of hydrogen-bond acceptors (Lipinski definition) is 16. The third-order valence-electron chi connectivity index (χ3n) is 6.28. The molecule has 1 aromatic rings. The van der Waals surface area contributed by atoms with Gasteiger partial charge in [0.25, 0.3) is 5.91 Å². The monoisotopic (exact) mass is 733 g/mol. The molecule has 6 unspecified atom stereocenters. The van der Waals surface area contributed by atoms with Crippen LogP contribution in [-0.4, -0.2) is 91.7 Å². The van der Waals surface area contributed by atoms with Gasteiger partial charge in [0.2, 0.25) is 0 Å². The molecule has 8 atom stereocenters. The molecule has 1 aromatic carbocycles. The minimum atomic E-state index is -5.78. The van der Waals surface area contributed by atoms with Crippen LogP contribution in [0.4, 0.5) is 0 Å². The van der Waals surface area contributed by atoms with Gasteiger partial charge in [0.15, 0.2) is 18.2 Å². The van der Waals surface area contributed by atoms with Crippen LogP contribution in [0.15, 0.2) is 34.3 Å². The van der Waals surface area contributed by atoms with Crippen molar-refractivity contribution >= 4 is 69.2 Å². The molecule has 0 saturated carbocycles. The second kappa shape index (κ2) is 14.5. The molecule has 3 heterocycles. The standard InChI is InChI=1S/C21H30N5O14P3S2/c1-3-44-45-11(2)12-6-4-5-7-13(12)20(28)38-14-8-16(26-10-23-17-18(26)24-21(22)25-19(17)27)37-15(14)9-36-42(32,33)40-43(34,35)39-41(29,30)31/h4-7,10-11,14-18H,3,8-9H2,1-2H3,(H,32,33)(H,34,35)(H2,29,30,31)(H3,22,24,25,27)/t11?,14?,15-,16-,17?,18?/m1/s1. The smallest absolute Gasteiger partial charge is 0.456 e. The topological polar surface area (TPSA) is 278 Å². The molecule has 0 aliphatic carbocycles. The number of carbonyl (C=O) groups excluding carboxylic acids is 2. The number of esters is 1. The van der Waals surface area contributed by atoms with Gasteiger partial charge < -0.3 is 39.7 Å². The van der Waals surface area contributed by atoms with Crippen LogP contribution in [0.3, 0.4) is 0 Å². The lowest BCUT2D eigenvalue weighted by molar-refractivity contribution is -0.123. The summed E-state index contributed by atoms with van der Waals surface area (Å²) in [6.07, 6.45) is -3.16. The average Bonchev–Trinajstić information content (AvgIpc) is 3.52. The van der Waals surface area contributed by atoms with Gasteiger partial charge in [0, 0.05) is 17.4 Å². The zero-order valence-corrected chi connectivity index (χ0v) is 27.7. The van der Waals surface area contributed by atoms with Crippen LogP contribution in [0.2, 0.25) is 0 Å². The number of ether oxygens (including phenoxy) is 2. The molecule has 3 aliphatic rings. The normalized spacial score (nSPS) is 28.0. The Morgan fingerprint density at radius 2 is 1.91 bits per heavy atom. The third kappa shape index (κ3) is 9.60. The SMILES string of the molecule is CCSSC(C)c1ccccc1C(=O)OC1C[C@H](N2C=NC3C(=O)NC(N)=NC32)O[C@@H]1COP(=O)(O)OP(=O)(O)OP(=O)(O)O. The number of amides is 1. The molecule has 4 rings (SSSR count). The van der Waals surface area contributed by atoms with E-state index in [0.717, 1.165) is 5.75 Å². The summed E-state index contributed by atoms with van der Waals surface area (Å²) in [5, 5.41) is 2.27. The Morgan fingerprint density at radius 1 is 1.20 bits per heavy atom. The number of nitrogens with zero attached hydrogens (tertiary/aromatic N) is 3. The van der Waals surface area contributed by atoms with E-state index in [2.05, 4.69) is 23.9 Å². The van der Waals surface area contributed by atoms with Gasteiger partial charge in [-0.25, -0.2) is 23.5 Å². The van der Waals surface area contributed by atoms with E-state index in [9.17, 15) is 33.1 Å². The summed E-state index contributed by atoms with van der Waals surface area (Å²) >= 11 is 0. The van der Waals surface area contributed by atoms with Gasteiger partial charge in [0.05, 0.1) is 18.5 Å². The van der Waals surface area contributed by atoms with Gasteiger partial charge in [-0.2, -0.15) is 8.62 Å². The van der Waals surface area contributed by atoms with Gasteiger partial charge in [0.1, 0.15) is 18.4 Å². The Morgan fingerprint density at radius 3 is 2.60 bits per heavy atom. The molecule has 1 saturated heterocycles. The van der Waals surface area contributed by atoms with Crippen LogP contribution in [0.5, 0.6) is 0 Å². The van der Waals surface area contributed by atoms with Crippen LogP contribution in [0.25, 0.3) is 0 Å². The maximum absolute atomic E-state index is 13.5. The maximum atomic E-state index is 13.5. The molecule has 1 fully saturated rings. The highest BCUT2D eigenvalue weighted by Gasteiger charge is 2.49. The minimum absolute atomic E-state index is 0.0827. The van der Waals surface area contributed by atoms with E-state index in [1.807, 2.05) is 13.8 Å². The van der Waals surface area contributed by atoms with E-state index >= 15 is 0 Å². The Labute approximate surface area is 264 Å². The highest BCUT2D eigenvalue weighted by atomic mass is 33.1. The minimum Gasteiger partial charge on any atom is -0.456 e. The summed E-state index contributed by atoms with van der Waals surface area (Å²) in [5.41, 5.74) is 6.66. The highest BCUT2D eigenvalue weighted by molar-refractivity contribution is 8.76. The molecular formula is C21H30N5O14P3S2. The lowest BCUT2D eigenvalue weighted by atomic mass is 10.0. The number of benzene rings is 1. The summed E-state index contributed by atoms with van der Waals surface area (Å²) < 4.78 is 59.1. The van der Waals surface area contributed by atoms with Crippen LogP contribution in [0, 0.1) is 0 Å². The molecule has 24 heteroatoms. The number of nitrogens with one attached hydrogen (secondary N) is 1. The van der Waals surface area contributed by atoms with E-state index < -0.39 is 72.6 Å². The maximum Gasteiger partial charge on any atom is 0.490 e. The number of hydrogen-bond donors (Lipinski definition) is 6. The van der Waals surface area contributed by atoms with Crippen LogP contribution in [-0.2, 0) is 41.1 Å². The highest BCUT2D eigenvalue weighted by Crippen LogP contribution is 2.66. The van der Waals surface area contributed by atoms with Crippen molar-refractivity contribution in [3.05, 3.63) is 35.4 Å². The summed E-state index contributed by atoms with van der Waals surface area (Å²) in [4.78, 5) is 72.5. The third-order valence-corrected chi connectivity index (χ3v) is 13.0. The summed E-state index contributed by atoms with van der Waals surface area (Å²) in [6, 6.07) is 5.83. The van der Waals surface area contributed by atoms with Crippen molar-refractivity contribution in [1.82, 2.24) is 10.2 Å². The van der Waals surface area contributed by atoms with Gasteiger partial charge in [-0.15, -0.1) is 0 Å². The fourth-order valence-electron chi connectivity index (χ4n) is 4.51. The first-order chi connectivity index (χ1) is 21.0.